The van der Waals surface area contributed by atoms with Crippen LogP contribution in [0.2, 0.25) is 0 Å². The quantitative estimate of drug-likeness (QED) is 0.765. The molecule has 1 aliphatic rings. The second-order valence-electron chi connectivity index (χ2n) is 6.60. The summed E-state index contributed by atoms with van der Waals surface area (Å²) in [6, 6.07) is 10.1. The van der Waals surface area contributed by atoms with Crippen LogP contribution in [0.25, 0.3) is 10.9 Å². The maximum Gasteiger partial charge on any atom is 0.252 e. The maximum absolute atomic E-state index is 12.3. The van der Waals surface area contributed by atoms with Gasteiger partial charge in [0.05, 0.1) is 18.2 Å². The zero-order valence-electron chi connectivity index (χ0n) is 14.2. The number of pyridine rings is 1. The van der Waals surface area contributed by atoms with E-state index < -0.39 is 0 Å². The van der Waals surface area contributed by atoms with Crippen LogP contribution in [0.4, 0.5) is 0 Å². The number of nitrogens with zero attached hydrogens (tertiary/aromatic N) is 2. The number of H-pyrrole nitrogens is 1. The largest absolute Gasteiger partial charge is 0.372 e. The van der Waals surface area contributed by atoms with Crippen LogP contribution < -0.4 is 10.9 Å². The Hall–Kier alpha value is -2.44. The molecule has 1 aromatic carbocycles. The van der Waals surface area contributed by atoms with Gasteiger partial charge in [0.2, 0.25) is 0 Å². The number of hydrogen-bond donors (Lipinski definition) is 2. The summed E-state index contributed by atoms with van der Waals surface area (Å²) in [6.07, 6.45) is 5.53. The van der Waals surface area contributed by atoms with E-state index in [0.717, 1.165) is 35.0 Å². The van der Waals surface area contributed by atoms with Crippen molar-refractivity contribution in [2.45, 2.75) is 31.5 Å². The smallest absolute Gasteiger partial charge is 0.252 e. The second kappa shape index (κ2) is 6.82. The zero-order valence-corrected chi connectivity index (χ0v) is 14.2. The number of ether oxygens (including phenoxy) is 1. The summed E-state index contributed by atoms with van der Waals surface area (Å²) in [5.74, 6) is 0. The standard InChI is InChI=1S/C19H22N4O2/c1-23-12-20-11-17(23)18-9-15(6-7-25-18)21-10-14-8-13-4-2-3-5-16(13)22-19(14)24/h2-5,8,11-12,15,18,21H,6-7,9-10H2,1H3,(H,22,24)/t15-,18-/m1/s1. The van der Waals surface area contributed by atoms with Gasteiger partial charge in [0.1, 0.15) is 6.10 Å². The molecular weight excluding hydrogens is 316 g/mol. The van der Waals surface area contributed by atoms with Crippen LogP contribution in [0.1, 0.15) is 30.2 Å². The SMILES string of the molecule is Cn1cncc1[C@H]1C[C@H](NCc2cc3ccccc3[nH]c2=O)CCO1. The molecule has 0 radical (unpaired) electrons. The topological polar surface area (TPSA) is 71.9 Å². The molecule has 2 N–H and O–H groups in total. The monoisotopic (exact) mass is 338 g/mol. The van der Waals surface area contributed by atoms with Gasteiger partial charge in [-0.25, -0.2) is 4.98 Å². The van der Waals surface area contributed by atoms with Crippen molar-refractivity contribution in [2.24, 2.45) is 7.05 Å². The number of hydrogen-bond acceptors (Lipinski definition) is 4. The van der Waals surface area contributed by atoms with E-state index in [1.54, 1.807) is 6.33 Å². The molecule has 2 aromatic heterocycles. The van der Waals surface area contributed by atoms with Gasteiger partial charge in [-0.15, -0.1) is 0 Å². The predicted molar refractivity (Wildman–Crippen MR) is 96.3 cm³/mol. The molecule has 0 unspecified atom stereocenters. The molecule has 0 saturated carbocycles. The minimum atomic E-state index is -0.0264. The molecule has 25 heavy (non-hydrogen) atoms. The highest BCUT2D eigenvalue weighted by Gasteiger charge is 2.25. The Morgan fingerprint density at radius 3 is 3.12 bits per heavy atom. The minimum Gasteiger partial charge on any atom is -0.372 e. The summed E-state index contributed by atoms with van der Waals surface area (Å²) in [5, 5.41) is 4.58. The zero-order chi connectivity index (χ0) is 17.2. The first kappa shape index (κ1) is 16.1. The number of aromatic nitrogens is 3. The third-order valence-electron chi connectivity index (χ3n) is 4.88. The third-order valence-corrected chi connectivity index (χ3v) is 4.88. The lowest BCUT2D eigenvalue weighted by Gasteiger charge is -2.30. The lowest BCUT2D eigenvalue weighted by molar-refractivity contribution is -0.00405. The van der Waals surface area contributed by atoms with E-state index in [1.165, 1.54) is 0 Å². The van der Waals surface area contributed by atoms with Crippen LogP contribution in [0, 0.1) is 0 Å². The summed E-state index contributed by atoms with van der Waals surface area (Å²) in [4.78, 5) is 19.4. The number of benzene rings is 1. The fraction of sp³-hybridized carbons (Fsp3) is 0.368. The number of aryl methyl sites for hydroxylation is 1. The van der Waals surface area contributed by atoms with E-state index in [9.17, 15) is 4.79 Å². The van der Waals surface area contributed by atoms with Crippen molar-refractivity contribution in [3.63, 3.8) is 0 Å². The van der Waals surface area contributed by atoms with E-state index in [0.29, 0.717) is 19.2 Å². The van der Waals surface area contributed by atoms with Crippen LogP contribution in [-0.4, -0.2) is 27.2 Å². The van der Waals surface area contributed by atoms with E-state index in [4.69, 9.17) is 4.74 Å². The molecule has 3 heterocycles. The van der Waals surface area contributed by atoms with Crippen LogP contribution in [0.5, 0.6) is 0 Å². The third kappa shape index (κ3) is 3.36. The lowest BCUT2D eigenvalue weighted by atomic mass is 10.0. The summed E-state index contributed by atoms with van der Waals surface area (Å²) in [6.45, 7) is 1.27. The highest BCUT2D eigenvalue weighted by Crippen LogP contribution is 2.27. The molecule has 130 valence electrons. The molecule has 0 spiro atoms. The molecule has 6 nitrogen and oxygen atoms in total. The number of nitrogens with one attached hydrogen (secondary N) is 2. The molecule has 1 aliphatic heterocycles. The van der Waals surface area contributed by atoms with Crippen molar-refractivity contribution >= 4 is 10.9 Å². The lowest BCUT2D eigenvalue weighted by Crippen LogP contribution is -2.37. The first-order valence-corrected chi connectivity index (χ1v) is 8.63. The predicted octanol–water partition coefficient (Wildman–Crippen LogP) is 2.27. The Morgan fingerprint density at radius 1 is 1.40 bits per heavy atom. The average Bonchev–Trinajstić information content (AvgIpc) is 3.06. The van der Waals surface area contributed by atoms with E-state index in [2.05, 4.69) is 15.3 Å². The summed E-state index contributed by atoms with van der Waals surface area (Å²) >= 11 is 0. The Bertz CT molecular complexity index is 930. The Labute approximate surface area is 145 Å². The number of aromatic amines is 1. The van der Waals surface area contributed by atoms with Crippen molar-refractivity contribution in [3.05, 3.63) is 64.5 Å². The molecule has 0 aliphatic carbocycles. The summed E-state index contributed by atoms with van der Waals surface area (Å²) in [7, 11) is 1.98. The molecule has 1 saturated heterocycles. The fourth-order valence-electron chi connectivity index (χ4n) is 3.44. The number of fused-ring (bicyclic) bond motifs is 1. The highest BCUT2D eigenvalue weighted by molar-refractivity contribution is 5.78. The molecule has 1 fully saturated rings. The van der Waals surface area contributed by atoms with Gasteiger partial charge in [0, 0.05) is 37.3 Å². The Kier molecular flexibility index (Phi) is 4.38. The van der Waals surface area contributed by atoms with E-state index in [-0.39, 0.29) is 11.7 Å². The summed E-state index contributed by atoms with van der Waals surface area (Å²) < 4.78 is 7.90. The minimum absolute atomic E-state index is 0.0264. The van der Waals surface area contributed by atoms with Gasteiger partial charge in [-0.3, -0.25) is 4.79 Å². The molecule has 4 rings (SSSR count). The van der Waals surface area contributed by atoms with Gasteiger partial charge < -0.3 is 19.6 Å². The first-order valence-electron chi connectivity index (χ1n) is 8.63. The van der Waals surface area contributed by atoms with E-state index in [1.807, 2.05) is 48.1 Å². The van der Waals surface area contributed by atoms with Crippen molar-refractivity contribution in [3.8, 4) is 0 Å². The van der Waals surface area contributed by atoms with Gasteiger partial charge >= 0.3 is 0 Å². The van der Waals surface area contributed by atoms with Crippen molar-refractivity contribution in [2.75, 3.05) is 6.61 Å². The fourth-order valence-corrected chi connectivity index (χ4v) is 3.44. The average molecular weight is 338 g/mol. The Balaban J connectivity index is 1.45. The normalized spacial score (nSPS) is 20.8. The van der Waals surface area contributed by atoms with Gasteiger partial charge in [-0.1, -0.05) is 18.2 Å². The van der Waals surface area contributed by atoms with E-state index >= 15 is 0 Å². The molecule has 0 amide bonds. The number of para-hydroxylation sites is 1. The van der Waals surface area contributed by atoms with Crippen LogP contribution in [0.3, 0.4) is 0 Å². The highest BCUT2D eigenvalue weighted by atomic mass is 16.5. The number of imidazole rings is 1. The molecule has 2 atom stereocenters. The van der Waals surface area contributed by atoms with Gasteiger partial charge in [0.25, 0.3) is 5.56 Å². The second-order valence-corrected chi connectivity index (χ2v) is 6.60. The van der Waals surface area contributed by atoms with Crippen molar-refractivity contribution in [1.82, 2.24) is 19.9 Å². The van der Waals surface area contributed by atoms with Gasteiger partial charge in [0.15, 0.2) is 0 Å². The Morgan fingerprint density at radius 2 is 2.28 bits per heavy atom. The van der Waals surface area contributed by atoms with Crippen LogP contribution in [-0.2, 0) is 18.3 Å². The molecular formula is C19H22N4O2. The molecule has 0 bridgehead atoms. The first-order chi connectivity index (χ1) is 12.2. The van der Waals surface area contributed by atoms with Gasteiger partial charge in [-0.2, -0.15) is 0 Å². The number of rotatable bonds is 4. The van der Waals surface area contributed by atoms with Crippen LogP contribution in [0.15, 0.2) is 47.7 Å². The molecule has 6 heteroatoms. The maximum atomic E-state index is 12.3. The van der Waals surface area contributed by atoms with Crippen molar-refractivity contribution in [1.29, 1.82) is 0 Å². The van der Waals surface area contributed by atoms with Crippen molar-refractivity contribution < 1.29 is 4.74 Å². The summed E-state index contributed by atoms with van der Waals surface area (Å²) in [5.41, 5.74) is 2.71. The van der Waals surface area contributed by atoms with Crippen LogP contribution >= 0.6 is 0 Å². The van der Waals surface area contributed by atoms with Gasteiger partial charge in [-0.05, 0) is 30.4 Å². The molecule has 3 aromatic rings.